The molecule has 1 fully saturated rings. The summed E-state index contributed by atoms with van der Waals surface area (Å²) in [6.45, 7) is 4.47. The number of imide groups is 1. The fraction of sp³-hybridized carbons (Fsp3) is 0.200. The molecule has 0 saturated carbocycles. The molecule has 0 atom stereocenters. The Bertz CT molecular complexity index is 942. The standard InChI is InChI=1S/C20H18INO4S/c1-3-26-16-9-14(8-15(21)18(16)23)10-17-19(24)22(20(25)27-17)11-13-6-4-5-12(2)7-13/h4-10,23H,3,11H2,1-2H3/b17-10-. The number of phenolic OH excluding ortho intramolecular Hbond substituents is 1. The number of halogens is 1. The van der Waals surface area contributed by atoms with E-state index in [1.165, 1.54) is 4.90 Å². The summed E-state index contributed by atoms with van der Waals surface area (Å²) in [6, 6.07) is 11.1. The number of aromatic hydroxyl groups is 1. The van der Waals surface area contributed by atoms with Gasteiger partial charge in [-0.05, 0) is 77.5 Å². The summed E-state index contributed by atoms with van der Waals surface area (Å²) in [6.07, 6.45) is 1.66. The van der Waals surface area contributed by atoms with E-state index in [1.54, 1.807) is 18.2 Å². The maximum absolute atomic E-state index is 12.7. The van der Waals surface area contributed by atoms with Gasteiger partial charge in [-0.3, -0.25) is 14.5 Å². The molecular weight excluding hydrogens is 477 g/mol. The molecule has 1 N–H and O–H groups in total. The fourth-order valence-corrected chi connectivity index (χ4v) is 4.19. The van der Waals surface area contributed by atoms with Crippen molar-refractivity contribution in [1.82, 2.24) is 4.90 Å². The fourth-order valence-electron chi connectivity index (χ4n) is 2.72. The van der Waals surface area contributed by atoms with Gasteiger partial charge in [-0.1, -0.05) is 29.8 Å². The number of aryl methyl sites for hydroxylation is 1. The van der Waals surface area contributed by atoms with Gasteiger partial charge in [-0.2, -0.15) is 0 Å². The average Bonchev–Trinajstić information content (AvgIpc) is 2.87. The van der Waals surface area contributed by atoms with Crippen molar-refractivity contribution in [3.63, 3.8) is 0 Å². The van der Waals surface area contributed by atoms with E-state index < -0.39 is 0 Å². The molecule has 1 aliphatic heterocycles. The SMILES string of the molecule is CCOc1cc(/C=C2\SC(=O)N(Cc3cccc(C)c3)C2=O)cc(I)c1O. The van der Waals surface area contributed by atoms with Crippen LogP contribution in [0.4, 0.5) is 4.79 Å². The molecule has 2 aromatic carbocycles. The minimum Gasteiger partial charge on any atom is -0.504 e. The first-order valence-corrected chi connectivity index (χ1v) is 10.2. The van der Waals surface area contributed by atoms with Gasteiger partial charge < -0.3 is 9.84 Å². The predicted molar refractivity (Wildman–Crippen MR) is 115 cm³/mol. The van der Waals surface area contributed by atoms with Crippen LogP contribution in [0.15, 0.2) is 41.3 Å². The summed E-state index contributed by atoms with van der Waals surface area (Å²) in [7, 11) is 0. The molecule has 0 aromatic heterocycles. The number of hydrogen-bond acceptors (Lipinski definition) is 5. The molecule has 3 rings (SSSR count). The monoisotopic (exact) mass is 495 g/mol. The summed E-state index contributed by atoms with van der Waals surface area (Å²) >= 11 is 2.93. The predicted octanol–water partition coefficient (Wildman–Crippen LogP) is 4.94. The highest BCUT2D eigenvalue weighted by atomic mass is 127. The minimum atomic E-state index is -0.312. The van der Waals surface area contributed by atoms with Gasteiger partial charge in [0.05, 0.1) is 21.6 Å². The topological polar surface area (TPSA) is 66.8 Å². The Morgan fingerprint density at radius 1 is 1.26 bits per heavy atom. The number of phenols is 1. The Morgan fingerprint density at radius 2 is 2.04 bits per heavy atom. The molecular formula is C20H18INO4S. The van der Waals surface area contributed by atoms with Gasteiger partial charge >= 0.3 is 0 Å². The van der Waals surface area contributed by atoms with E-state index in [0.717, 1.165) is 22.9 Å². The molecule has 5 nitrogen and oxygen atoms in total. The Hall–Kier alpha value is -2.00. The molecule has 0 unspecified atom stereocenters. The van der Waals surface area contributed by atoms with Crippen LogP contribution in [0, 0.1) is 10.5 Å². The van der Waals surface area contributed by atoms with E-state index in [2.05, 4.69) is 0 Å². The number of hydrogen-bond donors (Lipinski definition) is 1. The van der Waals surface area contributed by atoms with Crippen LogP contribution in [0.2, 0.25) is 0 Å². The molecule has 140 valence electrons. The number of carbonyl (C=O) groups excluding carboxylic acids is 2. The number of benzene rings is 2. The second-order valence-corrected chi connectivity index (χ2v) is 8.19. The number of rotatable bonds is 5. The third-order valence-electron chi connectivity index (χ3n) is 3.95. The van der Waals surface area contributed by atoms with Crippen LogP contribution < -0.4 is 4.74 Å². The van der Waals surface area contributed by atoms with Gasteiger partial charge in [0.2, 0.25) is 0 Å². The van der Waals surface area contributed by atoms with Crippen LogP contribution in [-0.4, -0.2) is 27.8 Å². The minimum absolute atomic E-state index is 0.0714. The van der Waals surface area contributed by atoms with Crippen molar-refractivity contribution in [1.29, 1.82) is 0 Å². The van der Waals surface area contributed by atoms with Gasteiger partial charge in [0.25, 0.3) is 11.1 Å². The van der Waals surface area contributed by atoms with E-state index in [4.69, 9.17) is 4.74 Å². The highest BCUT2D eigenvalue weighted by molar-refractivity contribution is 14.1. The van der Waals surface area contributed by atoms with Gasteiger partial charge in [0.15, 0.2) is 11.5 Å². The van der Waals surface area contributed by atoms with Crippen LogP contribution in [-0.2, 0) is 11.3 Å². The molecule has 27 heavy (non-hydrogen) atoms. The lowest BCUT2D eigenvalue weighted by Gasteiger charge is -2.12. The van der Waals surface area contributed by atoms with Crippen molar-refractivity contribution in [2.45, 2.75) is 20.4 Å². The van der Waals surface area contributed by atoms with Crippen LogP contribution in [0.1, 0.15) is 23.6 Å². The number of nitrogens with zero attached hydrogens (tertiary/aromatic N) is 1. The maximum atomic E-state index is 12.7. The van der Waals surface area contributed by atoms with Gasteiger partial charge in [-0.25, -0.2) is 0 Å². The largest absolute Gasteiger partial charge is 0.504 e. The summed E-state index contributed by atoms with van der Waals surface area (Å²) < 4.78 is 6.04. The molecule has 0 radical (unpaired) electrons. The second-order valence-electron chi connectivity index (χ2n) is 6.04. The Labute approximate surface area is 175 Å². The van der Waals surface area contributed by atoms with E-state index in [-0.39, 0.29) is 23.4 Å². The Balaban J connectivity index is 1.86. The van der Waals surface area contributed by atoms with Crippen LogP contribution in [0.25, 0.3) is 6.08 Å². The van der Waals surface area contributed by atoms with Crippen molar-refractivity contribution < 1.29 is 19.4 Å². The van der Waals surface area contributed by atoms with Crippen molar-refractivity contribution in [3.05, 3.63) is 61.6 Å². The number of thioether (sulfide) groups is 1. The van der Waals surface area contributed by atoms with Crippen molar-refractivity contribution in [2.75, 3.05) is 6.61 Å². The summed E-state index contributed by atoms with van der Waals surface area (Å²) in [5.41, 5.74) is 2.69. The normalized spacial score (nSPS) is 15.7. The molecule has 2 amide bonds. The zero-order valence-electron chi connectivity index (χ0n) is 14.9. The molecule has 7 heteroatoms. The van der Waals surface area contributed by atoms with Crippen molar-refractivity contribution in [3.8, 4) is 11.5 Å². The third-order valence-corrected chi connectivity index (χ3v) is 5.67. The van der Waals surface area contributed by atoms with Crippen LogP contribution in [0.5, 0.6) is 11.5 Å². The molecule has 0 spiro atoms. The first-order valence-electron chi connectivity index (χ1n) is 8.35. The lowest BCUT2D eigenvalue weighted by atomic mass is 10.1. The first-order chi connectivity index (χ1) is 12.9. The average molecular weight is 495 g/mol. The summed E-state index contributed by atoms with van der Waals surface area (Å²) in [5.74, 6) is 0.115. The highest BCUT2D eigenvalue weighted by Crippen LogP contribution is 2.37. The van der Waals surface area contributed by atoms with Gasteiger partial charge in [0, 0.05) is 0 Å². The zero-order valence-corrected chi connectivity index (χ0v) is 17.8. The van der Waals surface area contributed by atoms with Crippen molar-refractivity contribution in [2.24, 2.45) is 0 Å². The molecule has 1 heterocycles. The van der Waals surface area contributed by atoms with E-state index >= 15 is 0 Å². The van der Waals surface area contributed by atoms with E-state index in [0.29, 0.717) is 26.4 Å². The molecule has 0 bridgehead atoms. The van der Waals surface area contributed by atoms with Crippen LogP contribution in [0.3, 0.4) is 0 Å². The van der Waals surface area contributed by atoms with Gasteiger partial charge in [-0.15, -0.1) is 0 Å². The molecule has 2 aromatic rings. The maximum Gasteiger partial charge on any atom is 0.293 e. The van der Waals surface area contributed by atoms with E-state index in [9.17, 15) is 14.7 Å². The van der Waals surface area contributed by atoms with Crippen LogP contribution >= 0.6 is 34.4 Å². The molecule has 0 aliphatic carbocycles. The lowest BCUT2D eigenvalue weighted by molar-refractivity contribution is -0.123. The van der Waals surface area contributed by atoms with Gasteiger partial charge in [0.1, 0.15) is 0 Å². The third kappa shape index (κ3) is 4.47. The Kier molecular flexibility index (Phi) is 6.11. The highest BCUT2D eigenvalue weighted by Gasteiger charge is 2.35. The number of carbonyl (C=O) groups is 2. The zero-order chi connectivity index (χ0) is 19.6. The number of amides is 2. The first kappa shape index (κ1) is 19.8. The lowest BCUT2D eigenvalue weighted by Crippen LogP contribution is -2.27. The smallest absolute Gasteiger partial charge is 0.293 e. The van der Waals surface area contributed by atoms with Crippen molar-refractivity contribution >= 4 is 51.6 Å². The quantitative estimate of drug-likeness (QED) is 0.470. The Morgan fingerprint density at radius 3 is 2.74 bits per heavy atom. The molecule has 1 saturated heterocycles. The van der Waals surface area contributed by atoms with E-state index in [1.807, 2.05) is 60.7 Å². The summed E-state index contributed by atoms with van der Waals surface area (Å²) in [5, 5.41) is 9.76. The second kappa shape index (κ2) is 8.35. The summed E-state index contributed by atoms with van der Waals surface area (Å²) in [4.78, 5) is 26.6. The molecule has 1 aliphatic rings. The number of ether oxygens (including phenoxy) is 1.